The predicted molar refractivity (Wildman–Crippen MR) is 69.9 cm³/mol. The predicted octanol–water partition coefficient (Wildman–Crippen LogP) is 3.20. The Balaban J connectivity index is 2.63. The topological polar surface area (TPSA) is 35.5 Å². The molecule has 0 saturated carbocycles. The maximum absolute atomic E-state index is 13.0. The molecule has 110 valence electrons. The second-order valence-corrected chi connectivity index (χ2v) is 4.56. The molecule has 0 aliphatic carbocycles. The average molecular weight is 317 g/mol. The Labute approximate surface area is 123 Å². The minimum atomic E-state index is -4.79. The fraction of sp³-hybridized carbons (Fsp3) is 0.214. The van der Waals surface area contributed by atoms with E-state index in [-0.39, 0.29) is 16.3 Å². The lowest BCUT2D eigenvalue weighted by molar-refractivity contribution is -0.187. The van der Waals surface area contributed by atoms with Gasteiger partial charge in [-0.25, -0.2) is 4.79 Å². The highest BCUT2D eigenvalue weighted by Crippen LogP contribution is 2.41. The lowest BCUT2D eigenvalue weighted by atomic mass is 9.99. The van der Waals surface area contributed by atoms with E-state index in [4.69, 9.17) is 22.8 Å². The number of carbonyl (C=O) groups is 1. The zero-order valence-electron chi connectivity index (χ0n) is 10.6. The van der Waals surface area contributed by atoms with Crippen molar-refractivity contribution in [2.75, 3.05) is 7.11 Å². The fourth-order valence-electron chi connectivity index (χ4n) is 1.88. The first-order valence-corrected chi connectivity index (χ1v) is 5.99. The number of halogens is 4. The molecule has 1 aromatic carbocycles. The minimum absolute atomic E-state index is 0.0603. The average Bonchev–Trinajstić information content (AvgIpc) is 2.43. The third kappa shape index (κ3) is 2.83. The third-order valence-electron chi connectivity index (χ3n) is 2.79. The molecule has 1 atom stereocenters. The maximum Gasteiger partial charge on any atom is 0.430 e. The molecule has 0 fully saturated rings. The van der Waals surface area contributed by atoms with Crippen LogP contribution in [0.5, 0.6) is 5.75 Å². The van der Waals surface area contributed by atoms with E-state index >= 15 is 0 Å². The van der Waals surface area contributed by atoms with Crippen molar-refractivity contribution in [1.82, 2.24) is 0 Å². The van der Waals surface area contributed by atoms with E-state index in [1.807, 2.05) is 0 Å². The summed E-state index contributed by atoms with van der Waals surface area (Å²) >= 11 is 5.87. The van der Waals surface area contributed by atoms with Crippen LogP contribution in [0, 0.1) is 12.3 Å². The number of ether oxygens (including phenoxy) is 2. The van der Waals surface area contributed by atoms with Crippen molar-refractivity contribution in [3.8, 4) is 18.1 Å². The Bertz CT molecular complexity index is 671. The normalized spacial score (nSPS) is 17.1. The smallest absolute Gasteiger partial charge is 0.430 e. The second kappa shape index (κ2) is 5.34. The van der Waals surface area contributed by atoms with Crippen molar-refractivity contribution in [3.63, 3.8) is 0 Å². The molecule has 3 nitrogen and oxygen atoms in total. The number of benzene rings is 1. The van der Waals surface area contributed by atoms with E-state index < -0.39 is 23.8 Å². The van der Waals surface area contributed by atoms with Gasteiger partial charge in [-0.2, -0.15) is 13.2 Å². The molecule has 0 N–H and O–H groups in total. The zero-order chi connectivity index (χ0) is 15.8. The van der Waals surface area contributed by atoms with Gasteiger partial charge >= 0.3 is 12.1 Å². The van der Waals surface area contributed by atoms with Crippen LogP contribution in [0.2, 0.25) is 5.02 Å². The number of hydrogen-bond donors (Lipinski definition) is 0. The summed E-state index contributed by atoms with van der Waals surface area (Å²) in [4.78, 5) is 11.5. The Morgan fingerprint density at radius 3 is 2.67 bits per heavy atom. The van der Waals surface area contributed by atoms with Crippen LogP contribution in [0.4, 0.5) is 13.2 Å². The second-order valence-electron chi connectivity index (χ2n) is 4.15. The number of carbonyl (C=O) groups excluding carboxylic acids is 1. The molecule has 21 heavy (non-hydrogen) atoms. The third-order valence-corrected chi connectivity index (χ3v) is 3.07. The molecule has 1 aliphatic rings. The van der Waals surface area contributed by atoms with Crippen molar-refractivity contribution >= 4 is 23.6 Å². The van der Waals surface area contributed by atoms with Crippen LogP contribution in [0.3, 0.4) is 0 Å². The molecule has 0 spiro atoms. The molecular weight excluding hydrogens is 309 g/mol. The summed E-state index contributed by atoms with van der Waals surface area (Å²) in [6.07, 6.45) is -0.974. The van der Waals surface area contributed by atoms with Gasteiger partial charge < -0.3 is 9.47 Å². The van der Waals surface area contributed by atoms with Crippen molar-refractivity contribution in [1.29, 1.82) is 0 Å². The van der Waals surface area contributed by atoms with Gasteiger partial charge in [0.2, 0.25) is 6.10 Å². The lowest BCUT2D eigenvalue weighted by Gasteiger charge is -2.28. The Morgan fingerprint density at radius 2 is 2.14 bits per heavy atom. The van der Waals surface area contributed by atoms with E-state index in [0.29, 0.717) is 5.56 Å². The van der Waals surface area contributed by atoms with Gasteiger partial charge in [0.1, 0.15) is 5.75 Å². The van der Waals surface area contributed by atoms with Crippen LogP contribution >= 0.6 is 11.6 Å². The summed E-state index contributed by atoms with van der Waals surface area (Å²) in [5.74, 6) is 1.00. The van der Waals surface area contributed by atoms with E-state index in [2.05, 4.69) is 10.7 Å². The van der Waals surface area contributed by atoms with Crippen LogP contribution in [0.15, 0.2) is 17.7 Å². The summed E-state index contributed by atoms with van der Waals surface area (Å²) in [5, 5.41) is -0.0603. The Morgan fingerprint density at radius 1 is 1.48 bits per heavy atom. The van der Waals surface area contributed by atoms with E-state index in [0.717, 1.165) is 13.2 Å². The van der Waals surface area contributed by atoms with Crippen LogP contribution in [-0.2, 0) is 9.53 Å². The summed E-state index contributed by atoms with van der Waals surface area (Å²) in [6, 6.07) is 2.71. The van der Waals surface area contributed by atoms with E-state index in [1.165, 1.54) is 12.1 Å². The van der Waals surface area contributed by atoms with E-state index in [9.17, 15) is 18.0 Å². The quantitative estimate of drug-likeness (QED) is 0.589. The molecule has 0 amide bonds. The van der Waals surface area contributed by atoms with Gasteiger partial charge in [-0.15, -0.1) is 6.42 Å². The fourth-order valence-corrected chi connectivity index (χ4v) is 2.15. The Kier molecular flexibility index (Phi) is 3.88. The summed E-state index contributed by atoms with van der Waals surface area (Å²) in [6.45, 7) is 0. The van der Waals surface area contributed by atoms with E-state index in [1.54, 1.807) is 0 Å². The standard InChI is InChI=1S/C14H8ClF3O3/c1-3-7-4-8-6-9(13(19)20-2)12(14(16,17)18)21-11(8)10(15)5-7/h1,4-6,12H,2H3/t12-/m0/s1. The number of alkyl halides is 3. The van der Waals surface area contributed by atoms with Crippen molar-refractivity contribution < 1.29 is 27.4 Å². The summed E-state index contributed by atoms with van der Waals surface area (Å²) < 4.78 is 48.3. The summed E-state index contributed by atoms with van der Waals surface area (Å²) in [5.41, 5.74) is -0.118. The van der Waals surface area contributed by atoms with Crippen molar-refractivity contribution in [2.24, 2.45) is 0 Å². The molecule has 7 heteroatoms. The molecule has 0 radical (unpaired) electrons. The van der Waals surface area contributed by atoms with Gasteiger partial charge in [0.25, 0.3) is 0 Å². The minimum Gasteiger partial charge on any atom is -0.474 e. The molecule has 0 aromatic heterocycles. The zero-order valence-corrected chi connectivity index (χ0v) is 11.4. The highest BCUT2D eigenvalue weighted by Gasteiger charge is 2.49. The molecular formula is C14H8ClF3O3. The highest BCUT2D eigenvalue weighted by atomic mass is 35.5. The first-order valence-electron chi connectivity index (χ1n) is 5.61. The Hall–Kier alpha value is -2.13. The molecule has 1 aromatic rings. The lowest BCUT2D eigenvalue weighted by Crippen LogP contribution is -2.40. The van der Waals surface area contributed by atoms with Gasteiger partial charge in [-0.1, -0.05) is 17.5 Å². The number of fused-ring (bicyclic) bond motifs is 1. The number of methoxy groups -OCH3 is 1. The number of rotatable bonds is 1. The van der Waals surface area contributed by atoms with Gasteiger partial charge in [0.15, 0.2) is 0 Å². The van der Waals surface area contributed by atoms with Gasteiger partial charge in [0.05, 0.1) is 17.7 Å². The van der Waals surface area contributed by atoms with Gasteiger partial charge in [0, 0.05) is 11.1 Å². The number of hydrogen-bond acceptors (Lipinski definition) is 3. The first-order chi connectivity index (χ1) is 9.77. The SMILES string of the molecule is C#Cc1cc(Cl)c2c(c1)C=C(C(=O)OC)[C@@H](C(F)(F)F)O2. The van der Waals surface area contributed by atoms with Gasteiger partial charge in [-0.3, -0.25) is 0 Å². The number of terminal acetylenes is 1. The van der Waals surface area contributed by atoms with Crippen LogP contribution in [0.1, 0.15) is 11.1 Å². The van der Waals surface area contributed by atoms with Gasteiger partial charge in [-0.05, 0) is 18.2 Å². The molecule has 1 heterocycles. The summed E-state index contributed by atoms with van der Waals surface area (Å²) in [7, 11) is 0.983. The van der Waals surface area contributed by atoms with Crippen molar-refractivity contribution in [3.05, 3.63) is 33.9 Å². The largest absolute Gasteiger partial charge is 0.474 e. The molecule has 2 rings (SSSR count). The van der Waals surface area contributed by atoms with Crippen molar-refractivity contribution in [2.45, 2.75) is 12.3 Å². The van der Waals surface area contributed by atoms with Crippen LogP contribution in [-0.4, -0.2) is 25.4 Å². The monoisotopic (exact) mass is 316 g/mol. The molecule has 0 saturated heterocycles. The number of esters is 1. The van der Waals surface area contributed by atoms with Crippen LogP contribution < -0.4 is 4.74 Å². The molecule has 0 bridgehead atoms. The molecule has 1 aliphatic heterocycles. The highest BCUT2D eigenvalue weighted by molar-refractivity contribution is 6.32. The maximum atomic E-state index is 13.0. The molecule has 0 unspecified atom stereocenters. The first kappa shape index (κ1) is 15.3. The van der Waals surface area contributed by atoms with Crippen LogP contribution in [0.25, 0.3) is 6.08 Å².